The average Bonchev–Trinajstić information content (AvgIpc) is 2.72. The molecule has 0 saturated carbocycles. The molecule has 2 aliphatic heterocycles. The van der Waals surface area contributed by atoms with Crippen LogP contribution in [0, 0.1) is 0 Å². The van der Waals surface area contributed by atoms with Crippen molar-refractivity contribution in [2.24, 2.45) is 0 Å². The van der Waals surface area contributed by atoms with Gasteiger partial charge in [0.1, 0.15) is 17.2 Å². The van der Waals surface area contributed by atoms with Crippen LogP contribution in [-0.4, -0.2) is 30.9 Å². The van der Waals surface area contributed by atoms with Gasteiger partial charge in [-0.25, -0.2) is 0 Å². The molecule has 2 aliphatic rings. The van der Waals surface area contributed by atoms with Crippen LogP contribution in [0.2, 0.25) is 0 Å². The summed E-state index contributed by atoms with van der Waals surface area (Å²) in [7, 11) is 0. The molecule has 5 nitrogen and oxygen atoms in total. The number of benzene rings is 2. The highest BCUT2D eigenvalue weighted by molar-refractivity contribution is 5.72. The van der Waals surface area contributed by atoms with E-state index in [-0.39, 0.29) is 18.3 Å². The van der Waals surface area contributed by atoms with Crippen LogP contribution in [0.5, 0.6) is 17.2 Å². The number of phenolic OH excluding ortho intramolecular Hbond substituents is 1. The van der Waals surface area contributed by atoms with Crippen molar-refractivity contribution in [2.75, 3.05) is 13.2 Å². The van der Waals surface area contributed by atoms with Crippen LogP contribution in [0.25, 0.3) is 11.1 Å². The van der Waals surface area contributed by atoms with Gasteiger partial charge in [0.05, 0.1) is 13.2 Å². The Morgan fingerprint density at radius 1 is 0.741 bits per heavy atom. The van der Waals surface area contributed by atoms with Gasteiger partial charge in [-0.2, -0.15) is 0 Å². The third-order valence-corrected chi connectivity index (χ3v) is 4.94. The Morgan fingerprint density at radius 3 is 1.93 bits per heavy atom. The summed E-state index contributed by atoms with van der Waals surface area (Å²) in [4.78, 5) is 0. The van der Waals surface area contributed by atoms with Crippen molar-refractivity contribution in [1.82, 2.24) is 0 Å². The van der Waals surface area contributed by atoms with Crippen molar-refractivity contribution in [1.29, 1.82) is 0 Å². The summed E-state index contributed by atoms with van der Waals surface area (Å²) in [6.45, 7) is 1.50. The molecule has 2 aromatic rings. The van der Waals surface area contributed by atoms with Gasteiger partial charge >= 0.3 is 0 Å². The van der Waals surface area contributed by atoms with Gasteiger partial charge in [0.2, 0.25) is 0 Å². The number of rotatable bonds is 5. The first-order valence-corrected chi connectivity index (χ1v) is 9.78. The summed E-state index contributed by atoms with van der Waals surface area (Å²) in [5.41, 5.74) is 1.63. The maximum absolute atomic E-state index is 10.3. The molecular formula is C22H26O5. The van der Waals surface area contributed by atoms with Crippen LogP contribution < -0.4 is 9.47 Å². The lowest BCUT2D eigenvalue weighted by molar-refractivity contribution is -0.106. The average molecular weight is 370 g/mol. The molecule has 0 bridgehead atoms. The van der Waals surface area contributed by atoms with Crippen molar-refractivity contribution in [3.8, 4) is 28.4 Å². The summed E-state index contributed by atoms with van der Waals surface area (Å²) in [6, 6.07) is 13.0. The fourth-order valence-electron chi connectivity index (χ4n) is 3.44. The van der Waals surface area contributed by atoms with Crippen LogP contribution >= 0.6 is 0 Å². The van der Waals surface area contributed by atoms with E-state index in [2.05, 4.69) is 0 Å². The van der Waals surface area contributed by atoms with Crippen LogP contribution in [0.1, 0.15) is 38.5 Å². The number of hydrogen-bond donors (Lipinski definition) is 1. The second kappa shape index (κ2) is 8.63. The monoisotopic (exact) mass is 370 g/mol. The first-order chi connectivity index (χ1) is 13.3. The predicted molar refractivity (Wildman–Crippen MR) is 102 cm³/mol. The van der Waals surface area contributed by atoms with E-state index in [4.69, 9.17) is 18.9 Å². The van der Waals surface area contributed by atoms with Gasteiger partial charge < -0.3 is 24.1 Å². The molecule has 144 valence electrons. The Morgan fingerprint density at radius 2 is 1.33 bits per heavy atom. The highest BCUT2D eigenvalue weighted by Crippen LogP contribution is 2.34. The van der Waals surface area contributed by atoms with Crippen molar-refractivity contribution < 1.29 is 24.1 Å². The Labute approximate surface area is 159 Å². The fraction of sp³-hybridized carbons (Fsp3) is 0.455. The van der Waals surface area contributed by atoms with Crippen LogP contribution in [0.4, 0.5) is 0 Å². The van der Waals surface area contributed by atoms with Gasteiger partial charge in [0.15, 0.2) is 12.6 Å². The van der Waals surface area contributed by atoms with Gasteiger partial charge in [-0.3, -0.25) is 0 Å². The van der Waals surface area contributed by atoms with E-state index < -0.39 is 0 Å². The van der Waals surface area contributed by atoms with Gasteiger partial charge in [0, 0.05) is 18.4 Å². The Bertz CT molecular complexity index is 731. The molecule has 27 heavy (non-hydrogen) atoms. The molecule has 2 aromatic carbocycles. The topological polar surface area (TPSA) is 57.2 Å². The highest BCUT2D eigenvalue weighted by Gasteiger charge is 2.17. The molecule has 5 heteroatoms. The van der Waals surface area contributed by atoms with E-state index >= 15 is 0 Å². The molecule has 0 amide bonds. The van der Waals surface area contributed by atoms with Crippen LogP contribution in [0.3, 0.4) is 0 Å². The Hall–Kier alpha value is -2.24. The van der Waals surface area contributed by atoms with Gasteiger partial charge in [-0.05, 0) is 61.6 Å². The van der Waals surface area contributed by atoms with E-state index in [1.165, 1.54) is 0 Å². The normalized spacial score (nSPS) is 23.0. The van der Waals surface area contributed by atoms with E-state index in [1.807, 2.05) is 30.3 Å². The van der Waals surface area contributed by atoms with E-state index in [1.54, 1.807) is 12.1 Å². The fourth-order valence-corrected chi connectivity index (χ4v) is 3.44. The largest absolute Gasteiger partial charge is 0.507 e. The van der Waals surface area contributed by atoms with Gasteiger partial charge in [-0.15, -0.1) is 0 Å². The van der Waals surface area contributed by atoms with Crippen LogP contribution in [0.15, 0.2) is 42.5 Å². The van der Waals surface area contributed by atoms with E-state index in [0.29, 0.717) is 5.75 Å². The van der Waals surface area contributed by atoms with Crippen LogP contribution in [-0.2, 0) is 9.47 Å². The lowest BCUT2D eigenvalue weighted by atomic mass is 10.0. The summed E-state index contributed by atoms with van der Waals surface area (Å²) >= 11 is 0. The summed E-state index contributed by atoms with van der Waals surface area (Å²) in [5, 5.41) is 10.3. The molecule has 2 fully saturated rings. The zero-order valence-corrected chi connectivity index (χ0v) is 15.4. The van der Waals surface area contributed by atoms with E-state index in [0.717, 1.165) is 68.6 Å². The summed E-state index contributed by atoms with van der Waals surface area (Å²) in [5.74, 6) is 1.69. The highest BCUT2D eigenvalue weighted by atomic mass is 16.7. The first kappa shape index (κ1) is 18.1. The number of phenols is 1. The number of hydrogen-bond acceptors (Lipinski definition) is 5. The van der Waals surface area contributed by atoms with Crippen molar-refractivity contribution in [3.05, 3.63) is 42.5 Å². The molecule has 0 aliphatic carbocycles. The standard InChI is InChI=1S/C22H26O5/c23-20-12-11-18(27-22-6-2-4-14-25-22)15-19(20)16-7-9-17(10-8-16)26-21-5-1-3-13-24-21/h7-12,15,21-23H,1-6,13-14H2. The van der Waals surface area contributed by atoms with Gasteiger partial charge in [-0.1, -0.05) is 12.1 Å². The SMILES string of the molecule is Oc1ccc(OC2CCCCO2)cc1-c1ccc(OC2CCCCO2)cc1. The second-order valence-corrected chi connectivity index (χ2v) is 7.03. The summed E-state index contributed by atoms with van der Waals surface area (Å²) < 4.78 is 23.0. The maximum Gasteiger partial charge on any atom is 0.199 e. The lowest BCUT2D eigenvalue weighted by Gasteiger charge is -2.24. The van der Waals surface area contributed by atoms with E-state index in [9.17, 15) is 5.11 Å². The molecule has 1 N–H and O–H groups in total. The molecule has 2 unspecified atom stereocenters. The maximum atomic E-state index is 10.3. The van der Waals surface area contributed by atoms with Crippen molar-refractivity contribution in [2.45, 2.75) is 51.1 Å². The molecule has 4 rings (SSSR count). The molecule has 0 spiro atoms. The minimum absolute atomic E-state index is 0.162. The first-order valence-electron chi connectivity index (χ1n) is 9.78. The second-order valence-electron chi connectivity index (χ2n) is 7.03. The quantitative estimate of drug-likeness (QED) is 0.814. The zero-order chi connectivity index (χ0) is 18.5. The minimum atomic E-state index is -0.206. The number of ether oxygens (including phenoxy) is 4. The summed E-state index contributed by atoms with van der Waals surface area (Å²) in [6.07, 6.45) is 5.88. The third kappa shape index (κ3) is 4.73. The molecular weight excluding hydrogens is 344 g/mol. The number of aromatic hydroxyl groups is 1. The molecule has 0 aromatic heterocycles. The molecule has 2 saturated heterocycles. The molecule has 0 radical (unpaired) electrons. The molecule has 2 heterocycles. The Balaban J connectivity index is 1.45. The van der Waals surface area contributed by atoms with Crippen molar-refractivity contribution >= 4 is 0 Å². The third-order valence-electron chi connectivity index (χ3n) is 4.94. The van der Waals surface area contributed by atoms with Crippen molar-refractivity contribution in [3.63, 3.8) is 0 Å². The predicted octanol–water partition coefficient (Wildman–Crippen LogP) is 4.87. The smallest absolute Gasteiger partial charge is 0.199 e. The Kier molecular flexibility index (Phi) is 5.80. The van der Waals surface area contributed by atoms with Gasteiger partial charge in [0.25, 0.3) is 0 Å². The zero-order valence-electron chi connectivity index (χ0n) is 15.4. The lowest BCUT2D eigenvalue weighted by Crippen LogP contribution is -2.25. The molecule has 2 atom stereocenters. The minimum Gasteiger partial charge on any atom is -0.507 e.